The Bertz CT molecular complexity index is 841. The van der Waals surface area contributed by atoms with Gasteiger partial charge < -0.3 is 5.73 Å². The van der Waals surface area contributed by atoms with Gasteiger partial charge in [0.2, 0.25) is 15.9 Å². The van der Waals surface area contributed by atoms with Crippen molar-refractivity contribution in [1.82, 2.24) is 4.31 Å². The summed E-state index contributed by atoms with van der Waals surface area (Å²) in [6, 6.07) is 16.7. The van der Waals surface area contributed by atoms with E-state index in [-0.39, 0.29) is 24.4 Å². The number of hydrogen-bond donors (Lipinski definition) is 1. The molecule has 2 aromatic rings. The predicted octanol–water partition coefficient (Wildman–Crippen LogP) is 1.62. The van der Waals surface area contributed by atoms with E-state index in [4.69, 9.17) is 11.0 Å². The van der Waals surface area contributed by atoms with Crippen LogP contribution in [-0.2, 0) is 21.4 Å². The van der Waals surface area contributed by atoms with Gasteiger partial charge >= 0.3 is 0 Å². The minimum Gasteiger partial charge on any atom is -0.370 e. The molecule has 0 unspecified atom stereocenters. The van der Waals surface area contributed by atoms with Crippen LogP contribution in [0.4, 0.5) is 0 Å². The van der Waals surface area contributed by atoms with E-state index in [1.165, 1.54) is 28.6 Å². The van der Waals surface area contributed by atoms with Crippen LogP contribution < -0.4 is 5.73 Å². The number of nitrogens with zero attached hydrogens (tertiary/aromatic N) is 2. The molecule has 2 rings (SSSR count). The van der Waals surface area contributed by atoms with Crippen LogP contribution in [0, 0.1) is 11.3 Å². The van der Waals surface area contributed by atoms with Crippen molar-refractivity contribution in [3.05, 3.63) is 65.7 Å². The Morgan fingerprint density at radius 3 is 2.25 bits per heavy atom. The molecule has 2 aromatic carbocycles. The molecule has 7 heteroatoms. The van der Waals surface area contributed by atoms with Crippen molar-refractivity contribution in [1.29, 1.82) is 5.26 Å². The van der Waals surface area contributed by atoms with E-state index in [9.17, 15) is 13.2 Å². The maximum absolute atomic E-state index is 12.8. The lowest BCUT2D eigenvalue weighted by atomic mass is 10.2. The highest BCUT2D eigenvalue weighted by Crippen LogP contribution is 2.19. The molecule has 0 atom stereocenters. The van der Waals surface area contributed by atoms with Gasteiger partial charge in [-0.15, -0.1) is 0 Å². The summed E-state index contributed by atoms with van der Waals surface area (Å²) in [5.74, 6) is -0.567. The van der Waals surface area contributed by atoms with Crippen LogP contribution in [0.15, 0.2) is 59.5 Å². The van der Waals surface area contributed by atoms with Gasteiger partial charge in [-0.3, -0.25) is 4.79 Å². The largest absolute Gasteiger partial charge is 0.370 e. The number of primary amides is 1. The van der Waals surface area contributed by atoms with Crippen LogP contribution in [0.25, 0.3) is 0 Å². The SMILES string of the molecule is N#Cc1ccc(S(=O)(=O)N(CCC(N)=O)Cc2ccccc2)cc1. The van der Waals surface area contributed by atoms with Crippen molar-refractivity contribution in [3.63, 3.8) is 0 Å². The molecule has 0 bridgehead atoms. The van der Waals surface area contributed by atoms with E-state index < -0.39 is 15.9 Å². The van der Waals surface area contributed by atoms with Gasteiger partial charge in [-0.25, -0.2) is 8.42 Å². The zero-order valence-electron chi connectivity index (χ0n) is 12.9. The molecule has 0 aliphatic carbocycles. The monoisotopic (exact) mass is 343 g/mol. The molecule has 0 radical (unpaired) electrons. The zero-order chi connectivity index (χ0) is 17.6. The average molecular weight is 343 g/mol. The maximum Gasteiger partial charge on any atom is 0.243 e. The molecule has 2 N–H and O–H groups in total. The molecule has 24 heavy (non-hydrogen) atoms. The molecular weight excluding hydrogens is 326 g/mol. The molecule has 6 nitrogen and oxygen atoms in total. The second-order valence-corrected chi connectivity index (χ2v) is 7.11. The number of sulfonamides is 1. The Labute approximate surface area is 141 Å². The lowest BCUT2D eigenvalue weighted by Gasteiger charge is -2.22. The molecule has 0 heterocycles. The predicted molar refractivity (Wildman–Crippen MR) is 89.0 cm³/mol. The number of benzene rings is 2. The summed E-state index contributed by atoms with van der Waals surface area (Å²) in [6.07, 6.45) is -0.0671. The van der Waals surface area contributed by atoms with Crippen LogP contribution in [0.1, 0.15) is 17.5 Å². The summed E-state index contributed by atoms with van der Waals surface area (Å²) in [5.41, 5.74) is 6.34. The summed E-state index contributed by atoms with van der Waals surface area (Å²) in [5, 5.41) is 8.82. The summed E-state index contributed by atoms with van der Waals surface area (Å²) in [6.45, 7) is 0.128. The number of nitrogens with two attached hydrogens (primary N) is 1. The van der Waals surface area contributed by atoms with Crippen molar-refractivity contribution >= 4 is 15.9 Å². The average Bonchev–Trinajstić information content (AvgIpc) is 2.59. The van der Waals surface area contributed by atoms with Crippen molar-refractivity contribution in [2.45, 2.75) is 17.9 Å². The number of hydrogen-bond acceptors (Lipinski definition) is 4. The van der Waals surface area contributed by atoms with Crippen molar-refractivity contribution in [2.75, 3.05) is 6.54 Å². The van der Waals surface area contributed by atoms with Crippen LogP contribution in [-0.4, -0.2) is 25.2 Å². The molecular formula is C17H17N3O3S. The Hall–Kier alpha value is -2.69. The van der Waals surface area contributed by atoms with Gasteiger partial charge in [0, 0.05) is 19.5 Å². The minimum absolute atomic E-state index is 0.00738. The van der Waals surface area contributed by atoms with Crippen LogP contribution in [0.2, 0.25) is 0 Å². The van der Waals surface area contributed by atoms with Crippen LogP contribution in [0.5, 0.6) is 0 Å². The number of amides is 1. The van der Waals surface area contributed by atoms with Crippen molar-refractivity contribution < 1.29 is 13.2 Å². The first-order chi connectivity index (χ1) is 11.4. The van der Waals surface area contributed by atoms with E-state index in [2.05, 4.69) is 0 Å². The van der Waals surface area contributed by atoms with Gasteiger partial charge in [-0.2, -0.15) is 9.57 Å². The summed E-state index contributed by atoms with van der Waals surface area (Å²) >= 11 is 0. The lowest BCUT2D eigenvalue weighted by molar-refractivity contribution is -0.118. The van der Waals surface area contributed by atoms with Gasteiger partial charge in [0.1, 0.15) is 0 Å². The van der Waals surface area contributed by atoms with E-state index in [0.29, 0.717) is 5.56 Å². The van der Waals surface area contributed by atoms with Gasteiger partial charge in [0.25, 0.3) is 0 Å². The van der Waals surface area contributed by atoms with Gasteiger partial charge in [-0.05, 0) is 29.8 Å². The van der Waals surface area contributed by atoms with Crippen LogP contribution >= 0.6 is 0 Å². The summed E-state index contributed by atoms with van der Waals surface area (Å²) in [4.78, 5) is 11.1. The second kappa shape index (κ2) is 7.73. The lowest BCUT2D eigenvalue weighted by Crippen LogP contribution is -2.33. The molecule has 0 fully saturated rings. The summed E-state index contributed by atoms with van der Waals surface area (Å²) in [7, 11) is -3.80. The third-order valence-corrected chi connectivity index (χ3v) is 5.29. The minimum atomic E-state index is -3.80. The Morgan fingerprint density at radius 1 is 1.08 bits per heavy atom. The first-order valence-corrected chi connectivity index (χ1v) is 8.70. The molecule has 0 aromatic heterocycles. The molecule has 0 saturated carbocycles. The number of carbonyl (C=O) groups excluding carboxylic acids is 1. The molecule has 0 aliphatic rings. The first kappa shape index (κ1) is 17.7. The van der Waals surface area contributed by atoms with E-state index in [1.807, 2.05) is 36.4 Å². The smallest absolute Gasteiger partial charge is 0.243 e. The fraction of sp³-hybridized carbons (Fsp3) is 0.176. The Balaban J connectivity index is 2.32. The first-order valence-electron chi connectivity index (χ1n) is 7.26. The van der Waals surface area contributed by atoms with E-state index >= 15 is 0 Å². The normalized spacial score (nSPS) is 11.2. The van der Waals surface area contributed by atoms with Crippen LogP contribution in [0.3, 0.4) is 0 Å². The van der Waals surface area contributed by atoms with Gasteiger partial charge in [0.15, 0.2) is 0 Å². The molecule has 1 amide bonds. The van der Waals surface area contributed by atoms with E-state index in [1.54, 1.807) is 0 Å². The quantitative estimate of drug-likeness (QED) is 0.825. The fourth-order valence-corrected chi connectivity index (χ4v) is 3.59. The second-order valence-electron chi connectivity index (χ2n) is 5.18. The number of carbonyl (C=O) groups is 1. The van der Waals surface area contributed by atoms with Gasteiger partial charge in [-0.1, -0.05) is 30.3 Å². The van der Waals surface area contributed by atoms with Crippen molar-refractivity contribution in [2.24, 2.45) is 5.73 Å². The zero-order valence-corrected chi connectivity index (χ0v) is 13.7. The maximum atomic E-state index is 12.8. The van der Waals surface area contributed by atoms with Gasteiger partial charge in [0.05, 0.1) is 16.5 Å². The Kier molecular flexibility index (Phi) is 5.68. The standard InChI is InChI=1S/C17H17N3O3S/c18-12-14-6-8-16(9-7-14)24(22,23)20(11-10-17(19)21)13-15-4-2-1-3-5-15/h1-9H,10-11,13H2,(H2,19,21). The molecule has 124 valence electrons. The number of rotatable bonds is 7. The fourth-order valence-electron chi connectivity index (χ4n) is 2.16. The Morgan fingerprint density at radius 2 is 1.71 bits per heavy atom. The third kappa shape index (κ3) is 4.41. The third-order valence-electron chi connectivity index (χ3n) is 3.43. The highest BCUT2D eigenvalue weighted by Gasteiger charge is 2.25. The highest BCUT2D eigenvalue weighted by molar-refractivity contribution is 7.89. The molecule has 0 spiro atoms. The number of nitriles is 1. The molecule has 0 saturated heterocycles. The van der Waals surface area contributed by atoms with Crippen molar-refractivity contribution in [3.8, 4) is 6.07 Å². The molecule has 0 aliphatic heterocycles. The summed E-state index contributed by atoms with van der Waals surface area (Å²) < 4.78 is 26.9. The topological polar surface area (TPSA) is 104 Å². The van der Waals surface area contributed by atoms with E-state index in [0.717, 1.165) is 5.56 Å². The highest BCUT2D eigenvalue weighted by atomic mass is 32.2.